The van der Waals surface area contributed by atoms with Gasteiger partial charge in [-0.1, -0.05) is 18.2 Å². The Labute approximate surface area is 107 Å². The van der Waals surface area contributed by atoms with Gasteiger partial charge < -0.3 is 5.11 Å². The van der Waals surface area contributed by atoms with Gasteiger partial charge in [-0.25, -0.2) is 0 Å². The average molecular weight is 281 g/mol. The van der Waals surface area contributed by atoms with Gasteiger partial charge in [-0.15, -0.1) is 11.6 Å². The van der Waals surface area contributed by atoms with Crippen LogP contribution in [-0.2, 0) is 11.0 Å². The first kappa shape index (κ1) is 15.0. The van der Waals surface area contributed by atoms with Gasteiger partial charge in [0.05, 0.1) is 18.1 Å². The molecule has 0 radical (unpaired) electrons. The lowest BCUT2D eigenvalue weighted by molar-refractivity contribution is -0.138. The molecule has 1 aromatic carbocycles. The third-order valence-corrected chi connectivity index (χ3v) is 2.85. The predicted octanol–water partition coefficient (Wildman–Crippen LogP) is 2.98. The molecule has 0 saturated heterocycles. The number of halogens is 4. The molecule has 0 aliphatic carbocycles. The molecule has 100 valence electrons. The zero-order chi connectivity index (χ0) is 13.8. The van der Waals surface area contributed by atoms with Crippen molar-refractivity contribution in [1.29, 1.82) is 0 Å². The van der Waals surface area contributed by atoms with Crippen molar-refractivity contribution in [3.63, 3.8) is 0 Å². The van der Waals surface area contributed by atoms with Crippen LogP contribution in [0, 0.1) is 0 Å². The number of aliphatic hydroxyl groups excluding tert-OH is 1. The predicted molar refractivity (Wildman–Crippen MR) is 61.6 cm³/mol. The molecule has 1 aromatic rings. The molecule has 0 heterocycles. The summed E-state index contributed by atoms with van der Waals surface area (Å²) in [7, 11) is 0. The van der Waals surface area contributed by atoms with Crippen LogP contribution < -0.4 is 0 Å². The lowest BCUT2D eigenvalue weighted by Crippen LogP contribution is -2.17. The molecule has 0 spiro atoms. The van der Waals surface area contributed by atoms with Gasteiger partial charge in [0, 0.05) is 12.3 Å². The van der Waals surface area contributed by atoms with Crippen molar-refractivity contribution in [2.24, 2.45) is 0 Å². The summed E-state index contributed by atoms with van der Waals surface area (Å²) in [4.78, 5) is 11.2. The molecule has 0 aromatic heterocycles. The van der Waals surface area contributed by atoms with Crippen molar-refractivity contribution in [1.82, 2.24) is 0 Å². The fraction of sp³-hybridized carbons (Fsp3) is 0.417. The van der Waals surface area contributed by atoms with E-state index in [4.69, 9.17) is 16.7 Å². The Morgan fingerprint density at radius 1 is 1.33 bits per heavy atom. The fourth-order valence-electron chi connectivity index (χ4n) is 1.71. The Balaban J connectivity index is 3.10. The number of aliphatic hydroxyl groups is 1. The average Bonchev–Trinajstić information content (AvgIpc) is 2.34. The SMILES string of the molecule is O=C(CCl)CC(CO)c1ccccc1C(F)(F)F. The summed E-state index contributed by atoms with van der Waals surface area (Å²) in [6.07, 6.45) is -4.71. The van der Waals surface area contributed by atoms with Crippen molar-refractivity contribution in [3.05, 3.63) is 35.4 Å². The molecule has 6 heteroatoms. The zero-order valence-corrected chi connectivity index (χ0v) is 10.1. The van der Waals surface area contributed by atoms with Gasteiger partial charge in [0.1, 0.15) is 5.78 Å². The molecule has 1 atom stereocenters. The standard InChI is InChI=1S/C12H12ClF3O2/c13-6-9(18)5-8(7-17)10-3-1-2-4-11(10)12(14,15)16/h1-4,8,17H,5-7H2. The summed E-state index contributed by atoms with van der Waals surface area (Å²) in [5.74, 6) is -1.55. The quantitative estimate of drug-likeness (QED) is 0.842. The fourth-order valence-corrected chi connectivity index (χ4v) is 1.82. The Hall–Kier alpha value is -1.07. The third kappa shape index (κ3) is 3.71. The largest absolute Gasteiger partial charge is 0.416 e. The van der Waals surface area contributed by atoms with Crippen LogP contribution >= 0.6 is 11.6 Å². The van der Waals surface area contributed by atoms with Crippen LogP contribution in [0.1, 0.15) is 23.5 Å². The van der Waals surface area contributed by atoms with Crippen LogP contribution in [0.2, 0.25) is 0 Å². The lowest BCUT2D eigenvalue weighted by atomic mass is 9.90. The molecular weight excluding hydrogens is 269 g/mol. The monoisotopic (exact) mass is 280 g/mol. The number of alkyl halides is 4. The van der Waals surface area contributed by atoms with Crippen molar-refractivity contribution < 1.29 is 23.1 Å². The van der Waals surface area contributed by atoms with Gasteiger partial charge in [0.25, 0.3) is 0 Å². The van der Waals surface area contributed by atoms with E-state index in [2.05, 4.69) is 0 Å². The van der Waals surface area contributed by atoms with Gasteiger partial charge in [-0.05, 0) is 11.6 Å². The van der Waals surface area contributed by atoms with Gasteiger partial charge >= 0.3 is 6.18 Å². The van der Waals surface area contributed by atoms with Crippen LogP contribution in [0.4, 0.5) is 13.2 Å². The molecule has 0 aliphatic rings. The molecule has 18 heavy (non-hydrogen) atoms. The molecule has 1 unspecified atom stereocenters. The first-order chi connectivity index (χ1) is 8.40. The molecular formula is C12H12ClF3O2. The highest BCUT2D eigenvalue weighted by molar-refractivity contribution is 6.27. The first-order valence-corrected chi connectivity index (χ1v) is 5.78. The van der Waals surface area contributed by atoms with E-state index in [-0.39, 0.29) is 17.9 Å². The number of ketones is 1. The molecule has 0 bridgehead atoms. The summed E-state index contributed by atoms with van der Waals surface area (Å²) in [6.45, 7) is -0.532. The van der Waals surface area contributed by atoms with E-state index in [0.29, 0.717) is 0 Å². The van der Waals surface area contributed by atoms with Crippen LogP contribution in [0.15, 0.2) is 24.3 Å². The third-order valence-electron chi connectivity index (χ3n) is 2.55. The smallest absolute Gasteiger partial charge is 0.396 e. The molecule has 0 aliphatic heterocycles. The van der Waals surface area contributed by atoms with E-state index in [1.807, 2.05) is 0 Å². The molecule has 1 rings (SSSR count). The van der Waals surface area contributed by atoms with Crippen LogP contribution in [-0.4, -0.2) is 23.4 Å². The molecule has 0 amide bonds. The van der Waals surface area contributed by atoms with Crippen LogP contribution in [0.25, 0.3) is 0 Å². The summed E-state index contributed by atoms with van der Waals surface area (Å²) in [6, 6.07) is 4.91. The lowest BCUT2D eigenvalue weighted by Gasteiger charge is -2.19. The summed E-state index contributed by atoms with van der Waals surface area (Å²) >= 11 is 5.32. The van der Waals surface area contributed by atoms with E-state index >= 15 is 0 Å². The van der Waals surface area contributed by atoms with Crippen molar-refractivity contribution in [2.75, 3.05) is 12.5 Å². The van der Waals surface area contributed by atoms with Gasteiger partial charge in [0.2, 0.25) is 0 Å². The van der Waals surface area contributed by atoms with E-state index in [1.165, 1.54) is 18.2 Å². The number of benzene rings is 1. The topological polar surface area (TPSA) is 37.3 Å². The minimum Gasteiger partial charge on any atom is -0.396 e. The summed E-state index contributed by atoms with van der Waals surface area (Å²) in [5, 5.41) is 9.15. The summed E-state index contributed by atoms with van der Waals surface area (Å²) < 4.78 is 38.3. The maximum absolute atomic E-state index is 12.8. The number of hydrogen-bond acceptors (Lipinski definition) is 2. The van der Waals surface area contributed by atoms with Crippen molar-refractivity contribution in [2.45, 2.75) is 18.5 Å². The number of rotatable bonds is 5. The van der Waals surface area contributed by atoms with Crippen LogP contribution in [0.3, 0.4) is 0 Å². The Kier molecular flexibility index (Phi) is 5.16. The van der Waals surface area contributed by atoms with E-state index in [9.17, 15) is 18.0 Å². The number of carbonyl (C=O) groups is 1. The Bertz CT molecular complexity index is 418. The second-order valence-electron chi connectivity index (χ2n) is 3.84. The number of Topliss-reactive ketones (excluding diaryl/α,β-unsaturated/α-hetero) is 1. The van der Waals surface area contributed by atoms with E-state index in [1.54, 1.807) is 0 Å². The highest BCUT2D eigenvalue weighted by Crippen LogP contribution is 2.36. The molecule has 0 saturated carbocycles. The van der Waals surface area contributed by atoms with Gasteiger partial charge in [0.15, 0.2) is 0 Å². The highest BCUT2D eigenvalue weighted by Gasteiger charge is 2.35. The van der Waals surface area contributed by atoms with Gasteiger partial charge in [-0.3, -0.25) is 4.79 Å². The maximum atomic E-state index is 12.8. The number of hydrogen-bond donors (Lipinski definition) is 1. The Morgan fingerprint density at radius 2 is 1.94 bits per heavy atom. The molecule has 0 fully saturated rings. The van der Waals surface area contributed by atoms with E-state index in [0.717, 1.165) is 6.07 Å². The van der Waals surface area contributed by atoms with Gasteiger partial charge in [-0.2, -0.15) is 13.2 Å². The van der Waals surface area contributed by atoms with Crippen molar-refractivity contribution in [3.8, 4) is 0 Å². The van der Waals surface area contributed by atoms with Crippen molar-refractivity contribution >= 4 is 17.4 Å². The number of carbonyl (C=O) groups excluding carboxylic acids is 1. The minimum absolute atomic E-state index is 0.0778. The summed E-state index contributed by atoms with van der Waals surface area (Å²) in [5.41, 5.74) is -0.905. The maximum Gasteiger partial charge on any atom is 0.416 e. The Morgan fingerprint density at radius 3 is 2.44 bits per heavy atom. The normalized spacial score (nSPS) is 13.4. The molecule has 2 nitrogen and oxygen atoms in total. The first-order valence-electron chi connectivity index (χ1n) is 5.24. The second kappa shape index (κ2) is 6.20. The highest BCUT2D eigenvalue weighted by atomic mass is 35.5. The van der Waals surface area contributed by atoms with E-state index < -0.39 is 30.0 Å². The molecule has 1 N–H and O–H groups in total. The zero-order valence-electron chi connectivity index (χ0n) is 9.38. The van der Waals surface area contributed by atoms with Crippen LogP contribution in [0.5, 0.6) is 0 Å². The minimum atomic E-state index is -4.51. The second-order valence-corrected chi connectivity index (χ2v) is 4.11.